The third kappa shape index (κ3) is 2.54. The van der Waals surface area contributed by atoms with Crippen LogP contribution >= 0.6 is 0 Å². The molecule has 20 heavy (non-hydrogen) atoms. The van der Waals surface area contributed by atoms with Gasteiger partial charge in [-0.25, -0.2) is 4.79 Å². The maximum atomic E-state index is 12.1. The first-order valence-corrected chi connectivity index (χ1v) is 6.03. The molecule has 6 nitrogen and oxygen atoms in total. The van der Waals surface area contributed by atoms with Crippen molar-refractivity contribution < 1.29 is 14.7 Å². The van der Waals surface area contributed by atoms with Crippen molar-refractivity contribution in [3.05, 3.63) is 53.9 Å². The van der Waals surface area contributed by atoms with E-state index in [0.717, 1.165) is 0 Å². The molecule has 0 aliphatic heterocycles. The van der Waals surface area contributed by atoms with Gasteiger partial charge in [0, 0.05) is 13.2 Å². The molecule has 0 fully saturated rings. The van der Waals surface area contributed by atoms with Gasteiger partial charge in [-0.1, -0.05) is 30.3 Å². The summed E-state index contributed by atoms with van der Waals surface area (Å²) in [6.45, 7) is 1.46. The quantitative estimate of drug-likeness (QED) is 0.875. The number of carboxylic acid groups (broad SMARTS) is 1. The van der Waals surface area contributed by atoms with Crippen LogP contribution in [0.25, 0.3) is 0 Å². The van der Waals surface area contributed by atoms with Crippen molar-refractivity contribution in [1.82, 2.24) is 15.1 Å². The van der Waals surface area contributed by atoms with Gasteiger partial charge in [-0.05, 0) is 12.5 Å². The van der Waals surface area contributed by atoms with Crippen molar-refractivity contribution in [2.75, 3.05) is 0 Å². The average Bonchev–Trinajstić information content (AvgIpc) is 2.86. The fraction of sp³-hybridized carbons (Fsp3) is 0.214. The van der Waals surface area contributed by atoms with Crippen molar-refractivity contribution in [3.8, 4) is 0 Å². The van der Waals surface area contributed by atoms with Crippen LogP contribution in [0.1, 0.15) is 22.8 Å². The monoisotopic (exact) mass is 273 g/mol. The second-order valence-corrected chi connectivity index (χ2v) is 4.65. The number of nitrogens with one attached hydrogen (secondary N) is 1. The summed E-state index contributed by atoms with van der Waals surface area (Å²) >= 11 is 0. The molecule has 1 aromatic carbocycles. The van der Waals surface area contributed by atoms with Crippen LogP contribution in [-0.2, 0) is 17.4 Å². The zero-order valence-electron chi connectivity index (χ0n) is 11.2. The first-order valence-electron chi connectivity index (χ1n) is 6.03. The van der Waals surface area contributed by atoms with Crippen molar-refractivity contribution in [2.45, 2.75) is 12.5 Å². The Morgan fingerprint density at radius 3 is 2.45 bits per heavy atom. The Labute approximate surface area is 116 Å². The van der Waals surface area contributed by atoms with Gasteiger partial charge in [0.2, 0.25) is 0 Å². The van der Waals surface area contributed by atoms with Crippen molar-refractivity contribution in [1.29, 1.82) is 0 Å². The largest absolute Gasteiger partial charge is 0.479 e. The van der Waals surface area contributed by atoms with E-state index in [9.17, 15) is 14.7 Å². The molecule has 2 N–H and O–H groups in total. The molecule has 0 saturated heterocycles. The minimum Gasteiger partial charge on any atom is -0.479 e. The maximum absolute atomic E-state index is 12.1. The van der Waals surface area contributed by atoms with E-state index in [0.29, 0.717) is 11.1 Å². The van der Waals surface area contributed by atoms with Crippen LogP contribution in [0, 0.1) is 0 Å². The zero-order valence-corrected chi connectivity index (χ0v) is 11.2. The Hall–Kier alpha value is -2.63. The highest BCUT2D eigenvalue weighted by atomic mass is 16.4. The van der Waals surface area contributed by atoms with Crippen LogP contribution in [0.5, 0.6) is 0 Å². The second kappa shape index (κ2) is 5.16. The molecule has 104 valence electrons. The number of benzene rings is 1. The number of carbonyl (C=O) groups is 2. The van der Waals surface area contributed by atoms with E-state index in [1.807, 2.05) is 0 Å². The topological polar surface area (TPSA) is 84.2 Å². The van der Waals surface area contributed by atoms with E-state index in [1.54, 1.807) is 37.4 Å². The molecule has 0 saturated carbocycles. The van der Waals surface area contributed by atoms with Crippen molar-refractivity contribution >= 4 is 11.9 Å². The van der Waals surface area contributed by atoms with Crippen molar-refractivity contribution in [3.63, 3.8) is 0 Å². The van der Waals surface area contributed by atoms with E-state index in [-0.39, 0.29) is 0 Å². The average molecular weight is 273 g/mol. The minimum absolute atomic E-state index is 0.316. The van der Waals surface area contributed by atoms with Gasteiger partial charge in [-0.2, -0.15) is 5.10 Å². The molecule has 1 heterocycles. The molecule has 2 rings (SSSR count). The smallest absolute Gasteiger partial charge is 0.333 e. The summed E-state index contributed by atoms with van der Waals surface area (Å²) in [6, 6.07) is 8.57. The lowest BCUT2D eigenvalue weighted by atomic mass is 9.92. The second-order valence-electron chi connectivity index (χ2n) is 4.65. The first kappa shape index (κ1) is 13.8. The van der Waals surface area contributed by atoms with Gasteiger partial charge in [0.15, 0.2) is 5.54 Å². The summed E-state index contributed by atoms with van der Waals surface area (Å²) in [4.78, 5) is 23.7. The molecule has 2 aromatic rings. The normalized spacial score (nSPS) is 13.5. The molecule has 1 amide bonds. The van der Waals surface area contributed by atoms with E-state index < -0.39 is 17.4 Å². The Morgan fingerprint density at radius 2 is 1.95 bits per heavy atom. The van der Waals surface area contributed by atoms with Gasteiger partial charge < -0.3 is 10.4 Å². The maximum Gasteiger partial charge on any atom is 0.333 e. The molecular formula is C14H15N3O3. The standard InChI is InChI=1S/C14H15N3O3/c1-14(13(19)20,11-6-4-3-5-7-11)16-12(18)10-8-15-17(2)9-10/h3-9H,1-2H3,(H,16,18)(H,19,20). The van der Waals surface area contributed by atoms with E-state index >= 15 is 0 Å². The first-order chi connectivity index (χ1) is 9.43. The Kier molecular flexibility index (Phi) is 3.56. The highest BCUT2D eigenvalue weighted by Crippen LogP contribution is 2.21. The molecule has 0 radical (unpaired) electrons. The molecule has 1 unspecified atom stereocenters. The number of hydrogen-bond donors (Lipinski definition) is 2. The summed E-state index contributed by atoms with van der Waals surface area (Å²) in [7, 11) is 1.68. The molecule has 0 aliphatic carbocycles. The number of aliphatic carboxylic acids is 1. The van der Waals surface area contributed by atoms with Crippen LogP contribution in [0.3, 0.4) is 0 Å². The third-order valence-corrected chi connectivity index (χ3v) is 3.11. The van der Waals surface area contributed by atoms with Gasteiger partial charge in [-0.3, -0.25) is 9.48 Å². The number of hydrogen-bond acceptors (Lipinski definition) is 3. The van der Waals surface area contributed by atoms with Gasteiger partial charge in [0.1, 0.15) is 0 Å². The Morgan fingerprint density at radius 1 is 1.30 bits per heavy atom. The lowest BCUT2D eigenvalue weighted by Gasteiger charge is -2.26. The van der Waals surface area contributed by atoms with E-state index in [4.69, 9.17) is 0 Å². The molecule has 0 bridgehead atoms. The zero-order chi connectivity index (χ0) is 14.8. The molecule has 6 heteroatoms. The molecule has 0 spiro atoms. The van der Waals surface area contributed by atoms with Crippen LogP contribution in [-0.4, -0.2) is 26.8 Å². The molecule has 0 aliphatic rings. The summed E-state index contributed by atoms with van der Waals surface area (Å²) in [5, 5.41) is 15.9. The predicted octanol–water partition coefficient (Wildman–Crippen LogP) is 1.15. The number of rotatable bonds is 4. The summed E-state index contributed by atoms with van der Waals surface area (Å²) in [5.41, 5.74) is -0.672. The van der Waals surface area contributed by atoms with Crippen LogP contribution in [0.4, 0.5) is 0 Å². The van der Waals surface area contributed by atoms with Crippen molar-refractivity contribution in [2.24, 2.45) is 7.05 Å². The third-order valence-electron chi connectivity index (χ3n) is 3.11. The minimum atomic E-state index is -1.49. The summed E-state index contributed by atoms with van der Waals surface area (Å²) in [6.07, 6.45) is 2.92. The number of nitrogens with zero attached hydrogens (tertiary/aromatic N) is 2. The van der Waals surface area contributed by atoms with Crippen LogP contribution < -0.4 is 5.32 Å². The fourth-order valence-corrected chi connectivity index (χ4v) is 1.86. The number of aryl methyl sites for hydroxylation is 1. The molecule has 1 aromatic heterocycles. The van der Waals surface area contributed by atoms with Gasteiger partial charge >= 0.3 is 5.97 Å². The molecular weight excluding hydrogens is 258 g/mol. The lowest BCUT2D eigenvalue weighted by Crippen LogP contribution is -2.49. The SMILES string of the molecule is Cn1cc(C(=O)NC(C)(C(=O)O)c2ccccc2)cn1. The number of amides is 1. The highest BCUT2D eigenvalue weighted by molar-refractivity contribution is 5.97. The Bertz CT molecular complexity index is 636. The van der Waals surface area contributed by atoms with Crippen LogP contribution in [0.15, 0.2) is 42.7 Å². The molecule has 1 atom stereocenters. The number of carbonyl (C=O) groups excluding carboxylic acids is 1. The van der Waals surface area contributed by atoms with Gasteiger partial charge in [-0.15, -0.1) is 0 Å². The predicted molar refractivity (Wildman–Crippen MR) is 72.1 cm³/mol. The van der Waals surface area contributed by atoms with Gasteiger partial charge in [0.25, 0.3) is 5.91 Å². The van der Waals surface area contributed by atoms with E-state index in [2.05, 4.69) is 10.4 Å². The fourth-order valence-electron chi connectivity index (χ4n) is 1.86. The lowest BCUT2D eigenvalue weighted by molar-refractivity contribution is -0.144. The number of carboxylic acids is 1. The van der Waals surface area contributed by atoms with Crippen LogP contribution in [0.2, 0.25) is 0 Å². The van der Waals surface area contributed by atoms with E-state index in [1.165, 1.54) is 24.0 Å². The summed E-state index contributed by atoms with van der Waals surface area (Å²) in [5.74, 6) is -1.60. The Balaban J connectivity index is 2.31. The highest BCUT2D eigenvalue weighted by Gasteiger charge is 2.37. The van der Waals surface area contributed by atoms with Gasteiger partial charge in [0.05, 0.1) is 11.8 Å². The summed E-state index contributed by atoms with van der Waals surface area (Å²) < 4.78 is 1.48. The number of aromatic nitrogens is 2.